The minimum absolute atomic E-state index is 0.135. The van der Waals surface area contributed by atoms with E-state index in [1.54, 1.807) is 0 Å². The summed E-state index contributed by atoms with van der Waals surface area (Å²) in [5.41, 5.74) is 6.04. The Bertz CT molecular complexity index is 228. The van der Waals surface area contributed by atoms with Crippen molar-refractivity contribution in [2.75, 3.05) is 19.6 Å². The Kier molecular flexibility index (Phi) is 3.97. The van der Waals surface area contributed by atoms with Gasteiger partial charge in [-0.05, 0) is 31.3 Å². The van der Waals surface area contributed by atoms with Crippen molar-refractivity contribution in [2.24, 2.45) is 22.2 Å². The molecule has 0 aromatic rings. The summed E-state index contributed by atoms with van der Waals surface area (Å²) in [6.45, 7) is 9.77. The maximum Gasteiger partial charge on any atom is 0.143 e. The summed E-state index contributed by atoms with van der Waals surface area (Å²) in [4.78, 5) is 2.40. The van der Waals surface area contributed by atoms with Gasteiger partial charge in [-0.1, -0.05) is 25.9 Å². The third-order valence-corrected chi connectivity index (χ3v) is 3.36. The average molecular weight is 213 g/mol. The van der Waals surface area contributed by atoms with Crippen molar-refractivity contribution < 1.29 is 5.21 Å². The van der Waals surface area contributed by atoms with Gasteiger partial charge in [-0.3, -0.25) is 0 Å². The van der Waals surface area contributed by atoms with Crippen LogP contribution in [-0.4, -0.2) is 35.6 Å². The van der Waals surface area contributed by atoms with Crippen LogP contribution >= 0.6 is 0 Å². The molecule has 0 saturated carbocycles. The molecule has 15 heavy (non-hydrogen) atoms. The van der Waals surface area contributed by atoms with Gasteiger partial charge in [0.05, 0.1) is 0 Å². The van der Waals surface area contributed by atoms with Crippen LogP contribution in [0.15, 0.2) is 5.16 Å². The van der Waals surface area contributed by atoms with E-state index in [2.05, 4.69) is 23.9 Å². The summed E-state index contributed by atoms with van der Waals surface area (Å²) >= 11 is 0. The van der Waals surface area contributed by atoms with E-state index in [0.717, 1.165) is 19.6 Å². The number of hydrogen-bond donors (Lipinski definition) is 2. The largest absolute Gasteiger partial charge is 0.409 e. The van der Waals surface area contributed by atoms with E-state index in [1.165, 1.54) is 12.8 Å². The second kappa shape index (κ2) is 4.84. The first kappa shape index (κ1) is 12.3. The Morgan fingerprint density at radius 3 is 2.47 bits per heavy atom. The number of likely N-dealkylation sites (tertiary alicyclic amines) is 1. The zero-order valence-electron chi connectivity index (χ0n) is 10.0. The SMILES string of the molecule is CC(CN1CCC(C)(C)CC1)C(N)=NO. The van der Waals surface area contributed by atoms with Crippen LogP contribution in [0, 0.1) is 11.3 Å². The van der Waals surface area contributed by atoms with Gasteiger partial charge >= 0.3 is 0 Å². The van der Waals surface area contributed by atoms with Crippen molar-refractivity contribution in [2.45, 2.75) is 33.6 Å². The minimum atomic E-state index is 0.135. The maximum atomic E-state index is 8.56. The van der Waals surface area contributed by atoms with Crippen LogP contribution in [0.1, 0.15) is 33.6 Å². The molecule has 1 heterocycles. The Hall–Kier alpha value is -0.770. The van der Waals surface area contributed by atoms with Crippen LogP contribution in [0.25, 0.3) is 0 Å². The molecular weight excluding hydrogens is 190 g/mol. The smallest absolute Gasteiger partial charge is 0.143 e. The predicted molar refractivity (Wildman–Crippen MR) is 62.0 cm³/mol. The van der Waals surface area contributed by atoms with E-state index in [9.17, 15) is 0 Å². The van der Waals surface area contributed by atoms with Crippen molar-refractivity contribution >= 4 is 5.84 Å². The Morgan fingerprint density at radius 2 is 2.00 bits per heavy atom. The molecule has 1 aliphatic rings. The van der Waals surface area contributed by atoms with Gasteiger partial charge < -0.3 is 15.8 Å². The molecule has 4 heteroatoms. The lowest BCUT2D eigenvalue weighted by Crippen LogP contribution is -2.41. The standard InChI is InChI=1S/C11H23N3O/c1-9(10(12)13-15)8-14-6-4-11(2,3)5-7-14/h9,15H,4-8H2,1-3H3,(H2,12,13). The van der Waals surface area contributed by atoms with Gasteiger partial charge in [0.15, 0.2) is 0 Å². The monoisotopic (exact) mass is 213 g/mol. The normalized spacial score (nSPS) is 25.1. The zero-order chi connectivity index (χ0) is 11.5. The third kappa shape index (κ3) is 3.70. The molecule has 0 aliphatic carbocycles. The van der Waals surface area contributed by atoms with E-state index in [4.69, 9.17) is 10.9 Å². The van der Waals surface area contributed by atoms with Crippen LogP contribution in [0.4, 0.5) is 0 Å². The van der Waals surface area contributed by atoms with E-state index in [-0.39, 0.29) is 5.92 Å². The number of nitrogens with two attached hydrogens (primary N) is 1. The number of hydrogen-bond acceptors (Lipinski definition) is 3. The van der Waals surface area contributed by atoms with Gasteiger partial charge in [-0.2, -0.15) is 0 Å². The highest BCUT2D eigenvalue weighted by Crippen LogP contribution is 2.29. The molecule has 1 unspecified atom stereocenters. The van der Waals surface area contributed by atoms with Gasteiger partial charge in [0.2, 0.25) is 0 Å². The van der Waals surface area contributed by atoms with Crippen LogP contribution in [0.2, 0.25) is 0 Å². The predicted octanol–water partition coefficient (Wildman–Crippen LogP) is 1.49. The second-order valence-corrected chi connectivity index (χ2v) is 5.39. The highest BCUT2D eigenvalue weighted by molar-refractivity contribution is 5.82. The average Bonchev–Trinajstić information content (AvgIpc) is 2.20. The quantitative estimate of drug-likeness (QED) is 0.323. The van der Waals surface area contributed by atoms with Crippen LogP contribution in [-0.2, 0) is 0 Å². The molecule has 0 aromatic carbocycles. The van der Waals surface area contributed by atoms with Gasteiger partial charge in [0, 0.05) is 12.5 Å². The Morgan fingerprint density at radius 1 is 1.47 bits per heavy atom. The molecular formula is C11H23N3O. The number of rotatable bonds is 3. The third-order valence-electron chi connectivity index (χ3n) is 3.36. The van der Waals surface area contributed by atoms with Crippen molar-refractivity contribution in [3.63, 3.8) is 0 Å². The first-order valence-corrected chi connectivity index (χ1v) is 5.64. The molecule has 3 N–H and O–H groups in total. The van der Waals surface area contributed by atoms with Crippen LogP contribution in [0.3, 0.4) is 0 Å². The summed E-state index contributed by atoms with van der Waals surface area (Å²) in [6.07, 6.45) is 2.46. The van der Waals surface area contributed by atoms with Gasteiger partial charge in [-0.25, -0.2) is 0 Å². The summed E-state index contributed by atoms with van der Waals surface area (Å²) in [5.74, 6) is 0.469. The van der Waals surface area contributed by atoms with Gasteiger partial charge in [0.25, 0.3) is 0 Å². The fourth-order valence-corrected chi connectivity index (χ4v) is 1.92. The van der Waals surface area contributed by atoms with E-state index < -0.39 is 0 Å². The van der Waals surface area contributed by atoms with Crippen LogP contribution in [0.5, 0.6) is 0 Å². The molecule has 0 spiro atoms. The Labute approximate surface area is 92.1 Å². The molecule has 1 rings (SSSR count). The molecule has 0 radical (unpaired) electrons. The molecule has 1 atom stereocenters. The van der Waals surface area contributed by atoms with E-state index in [0.29, 0.717) is 11.3 Å². The minimum Gasteiger partial charge on any atom is -0.409 e. The maximum absolute atomic E-state index is 8.56. The van der Waals surface area contributed by atoms with E-state index in [1.807, 2.05) is 6.92 Å². The molecule has 0 bridgehead atoms. The molecule has 0 aromatic heterocycles. The lowest BCUT2D eigenvalue weighted by Gasteiger charge is -2.37. The summed E-state index contributed by atoms with van der Waals surface area (Å²) < 4.78 is 0. The molecule has 0 amide bonds. The Balaban J connectivity index is 2.36. The summed E-state index contributed by atoms with van der Waals surface area (Å²) in [6, 6.07) is 0. The van der Waals surface area contributed by atoms with Crippen molar-refractivity contribution in [3.8, 4) is 0 Å². The van der Waals surface area contributed by atoms with Gasteiger partial charge in [-0.15, -0.1) is 0 Å². The van der Waals surface area contributed by atoms with E-state index >= 15 is 0 Å². The fourth-order valence-electron chi connectivity index (χ4n) is 1.92. The highest BCUT2D eigenvalue weighted by atomic mass is 16.4. The van der Waals surface area contributed by atoms with Crippen LogP contribution < -0.4 is 5.73 Å². The van der Waals surface area contributed by atoms with Crippen molar-refractivity contribution in [1.29, 1.82) is 0 Å². The first-order chi connectivity index (χ1) is 6.94. The molecule has 88 valence electrons. The molecule has 4 nitrogen and oxygen atoms in total. The molecule has 1 fully saturated rings. The summed E-state index contributed by atoms with van der Waals surface area (Å²) in [7, 11) is 0. The summed E-state index contributed by atoms with van der Waals surface area (Å²) in [5, 5.41) is 11.6. The molecule has 1 saturated heterocycles. The fraction of sp³-hybridized carbons (Fsp3) is 0.909. The topological polar surface area (TPSA) is 61.8 Å². The highest BCUT2D eigenvalue weighted by Gasteiger charge is 2.26. The molecule has 1 aliphatic heterocycles. The van der Waals surface area contributed by atoms with Gasteiger partial charge in [0.1, 0.15) is 5.84 Å². The number of nitrogens with zero attached hydrogens (tertiary/aromatic N) is 2. The number of piperidine rings is 1. The lowest BCUT2D eigenvalue weighted by atomic mass is 9.82. The van der Waals surface area contributed by atoms with Crippen molar-refractivity contribution in [1.82, 2.24) is 4.90 Å². The van der Waals surface area contributed by atoms with Crippen molar-refractivity contribution in [3.05, 3.63) is 0 Å². The first-order valence-electron chi connectivity index (χ1n) is 5.64. The second-order valence-electron chi connectivity index (χ2n) is 5.39. The lowest BCUT2D eigenvalue weighted by molar-refractivity contribution is 0.126. The zero-order valence-corrected chi connectivity index (χ0v) is 10.0. The number of oxime groups is 1. The number of amidine groups is 1.